The summed E-state index contributed by atoms with van der Waals surface area (Å²) in [7, 11) is -3.26. The van der Waals surface area contributed by atoms with Crippen molar-refractivity contribution in [3.05, 3.63) is 29.2 Å². The van der Waals surface area contributed by atoms with Crippen molar-refractivity contribution in [2.45, 2.75) is 24.2 Å². The highest BCUT2D eigenvalue weighted by Crippen LogP contribution is 2.29. The van der Waals surface area contributed by atoms with E-state index in [0.717, 1.165) is 0 Å². The second kappa shape index (κ2) is 5.44. The fraction of sp³-hybridized carbons (Fsp3) is 0.308. The Morgan fingerprint density at radius 2 is 2.05 bits per heavy atom. The quantitative estimate of drug-likeness (QED) is 0.808. The number of carboxylic acids is 1. The molecular formula is C13H14O5S. The van der Waals surface area contributed by atoms with Crippen LogP contribution in [0.5, 0.6) is 5.75 Å². The Hall–Kier alpha value is -1.82. The summed E-state index contributed by atoms with van der Waals surface area (Å²) in [6.45, 7) is 0.419. The number of carboxylic acid groups (broad SMARTS) is 1. The summed E-state index contributed by atoms with van der Waals surface area (Å²) in [4.78, 5) is 10.6. The fourth-order valence-electron chi connectivity index (χ4n) is 1.81. The predicted octanol–water partition coefficient (Wildman–Crippen LogP) is 2.08. The van der Waals surface area contributed by atoms with Crippen LogP contribution in [0.3, 0.4) is 0 Å². The zero-order chi connectivity index (χ0) is 13.9. The van der Waals surface area contributed by atoms with Crippen LogP contribution in [0.1, 0.15) is 24.8 Å². The van der Waals surface area contributed by atoms with Gasteiger partial charge in [0.2, 0.25) is 0 Å². The Morgan fingerprint density at radius 3 is 2.79 bits per heavy atom. The first-order valence-corrected chi connectivity index (χ1v) is 7.45. The van der Waals surface area contributed by atoms with Gasteiger partial charge >= 0.3 is 5.97 Å². The minimum Gasteiger partial charge on any atom is -0.494 e. The van der Waals surface area contributed by atoms with E-state index in [-0.39, 0.29) is 6.42 Å². The van der Waals surface area contributed by atoms with Crippen LogP contribution in [-0.2, 0) is 14.6 Å². The number of carbonyl (C=O) groups is 1. The van der Waals surface area contributed by atoms with Gasteiger partial charge in [0.05, 0.1) is 11.5 Å². The van der Waals surface area contributed by atoms with Crippen LogP contribution >= 0.6 is 0 Å². The predicted molar refractivity (Wildman–Crippen MR) is 69.6 cm³/mol. The molecule has 1 N–H and O–H groups in total. The summed E-state index contributed by atoms with van der Waals surface area (Å²) in [5.74, 6) is -0.219. The first kappa shape index (κ1) is 13.6. The number of aliphatic carboxylic acids is 1. The van der Waals surface area contributed by atoms with Crippen molar-refractivity contribution >= 4 is 21.9 Å². The van der Waals surface area contributed by atoms with Crippen molar-refractivity contribution in [1.82, 2.24) is 0 Å². The van der Waals surface area contributed by atoms with Crippen LogP contribution in [0.2, 0.25) is 0 Å². The van der Waals surface area contributed by atoms with Crippen LogP contribution in [0.25, 0.3) is 6.08 Å². The number of unbranched alkanes of at least 4 members (excludes halogenated alkanes) is 1. The molecule has 6 heteroatoms. The normalized spacial score (nSPS) is 15.2. The minimum absolute atomic E-state index is 0.133. The maximum atomic E-state index is 11.5. The van der Waals surface area contributed by atoms with Crippen LogP contribution in [0.15, 0.2) is 28.5 Å². The third-order valence-corrected chi connectivity index (χ3v) is 4.25. The van der Waals surface area contributed by atoms with Gasteiger partial charge in [0, 0.05) is 11.8 Å². The van der Waals surface area contributed by atoms with E-state index < -0.39 is 15.8 Å². The van der Waals surface area contributed by atoms with Crippen LogP contribution in [0, 0.1) is 0 Å². The van der Waals surface area contributed by atoms with Gasteiger partial charge in [0.25, 0.3) is 0 Å². The molecule has 0 saturated carbocycles. The zero-order valence-corrected chi connectivity index (χ0v) is 11.0. The standard InChI is InChI=1S/C13H14O5S/c14-13(15)3-1-2-7-18-11-4-5-12-10(9-11)6-8-19(12,16)17/h4-6,8-9H,1-3,7H2,(H,14,15). The number of rotatable bonds is 6. The molecule has 0 amide bonds. The summed E-state index contributed by atoms with van der Waals surface area (Å²) < 4.78 is 28.5. The third kappa shape index (κ3) is 3.35. The van der Waals surface area contributed by atoms with Crippen molar-refractivity contribution in [3.63, 3.8) is 0 Å². The Bertz CT molecular complexity index is 616. The van der Waals surface area contributed by atoms with Gasteiger partial charge in [-0.3, -0.25) is 4.79 Å². The molecule has 0 aliphatic carbocycles. The van der Waals surface area contributed by atoms with Crippen molar-refractivity contribution in [1.29, 1.82) is 0 Å². The number of sulfone groups is 1. The SMILES string of the molecule is O=C(O)CCCCOc1ccc2c(c1)C=CS2(=O)=O. The molecule has 19 heavy (non-hydrogen) atoms. The highest BCUT2D eigenvalue weighted by molar-refractivity contribution is 7.94. The van der Waals surface area contributed by atoms with Crippen molar-refractivity contribution < 1.29 is 23.1 Å². The third-order valence-electron chi connectivity index (χ3n) is 2.77. The molecule has 0 saturated heterocycles. The highest BCUT2D eigenvalue weighted by atomic mass is 32.2. The van der Waals surface area contributed by atoms with Gasteiger partial charge in [-0.1, -0.05) is 0 Å². The lowest BCUT2D eigenvalue weighted by atomic mass is 10.2. The van der Waals surface area contributed by atoms with Gasteiger partial charge in [0.1, 0.15) is 5.75 Å². The lowest BCUT2D eigenvalue weighted by Crippen LogP contribution is -2.01. The van der Waals surface area contributed by atoms with E-state index in [9.17, 15) is 13.2 Å². The highest BCUT2D eigenvalue weighted by Gasteiger charge is 2.20. The fourth-order valence-corrected chi connectivity index (χ4v) is 3.00. The molecule has 0 radical (unpaired) electrons. The molecule has 1 aromatic carbocycles. The number of benzene rings is 1. The lowest BCUT2D eigenvalue weighted by Gasteiger charge is -2.07. The average Bonchev–Trinajstić information content (AvgIpc) is 2.64. The Morgan fingerprint density at radius 1 is 1.26 bits per heavy atom. The molecule has 0 bridgehead atoms. The minimum atomic E-state index is -3.26. The number of hydrogen-bond acceptors (Lipinski definition) is 4. The molecule has 0 fully saturated rings. The first-order chi connectivity index (χ1) is 8.99. The maximum Gasteiger partial charge on any atom is 0.303 e. The summed E-state index contributed by atoms with van der Waals surface area (Å²) >= 11 is 0. The molecule has 1 heterocycles. The maximum absolute atomic E-state index is 11.5. The van der Waals surface area contributed by atoms with E-state index in [0.29, 0.717) is 35.7 Å². The van der Waals surface area contributed by atoms with Gasteiger partial charge < -0.3 is 9.84 Å². The smallest absolute Gasteiger partial charge is 0.303 e. The van der Waals surface area contributed by atoms with E-state index in [1.54, 1.807) is 18.2 Å². The first-order valence-electron chi connectivity index (χ1n) is 5.91. The number of hydrogen-bond donors (Lipinski definition) is 1. The number of fused-ring (bicyclic) bond motifs is 1. The van der Waals surface area contributed by atoms with Gasteiger partial charge in [-0.15, -0.1) is 0 Å². The lowest BCUT2D eigenvalue weighted by molar-refractivity contribution is -0.137. The van der Waals surface area contributed by atoms with E-state index >= 15 is 0 Å². The summed E-state index contributed by atoms with van der Waals surface area (Å²) in [6.07, 6.45) is 2.89. The van der Waals surface area contributed by atoms with Gasteiger partial charge in [-0.25, -0.2) is 8.42 Å². The van der Waals surface area contributed by atoms with Crippen LogP contribution in [0.4, 0.5) is 0 Å². The number of ether oxygens (including phenoxy) is 1. The Labute approximate surface area is 111 Å². The van der Waals surface area contributed by atoms with Crippen molar-refractivity contribution in [2.24, 2.45) is 0 Å². The molecule has 5 nitrogen and oxygen atoms in total. The molecule has 0 aromatic heterocycles. The largest absolute Gasteiger partial charge is 0.494 e. The van der Waals surface area contributed by atoms with E-state index in [1.165, 1.54) is 11.5 Å². The molecular weight excluding hydrogens is 268 g/mol. The van der Waals surface area contributed by atoms with Gasteiger partial charge in [-0.05, 0) is 42.7 Å². The zero-order valence-electron chi connectivity index (χ0n) is 10.2. The second-order valence-electron chi connectivity index (χ2n) is 4.25. The molecule has 0 unspecified atom stereocenters. The van der Waals surface area contributed by atoms with Gasteiger partial charge in [0.15, 0.2) is 9.84 Å². The Kier molecular flexibility index (Phi) is 3.90. The van der Waals surface area contributed by atoms with Crippen LogP contribution < -0.4 is 4.74 Å². The van der Waals surface area contributed by atoms with Crippen molar-refractivity contribution in [2.75, 3.05) is 6.61 Å². The molecule has 102 valence electrons. The molecule has 2 rings (SSSR count). The molecule has 0 atom stereocenters. The van der Waals surface area contributed by atoms with E-state index in [2.05, 4.69) is 0 Å². The van der Waals surface area contributed by atoms with Crippen LogP contribution in [-0.4, -0.2) is 26.1 Å². The average molecular weight is 282 g/mol. The second-order valence-corrected chi connectivity index (χ2v) is 6.05. The van der Waals surface area contributed by atoms with Gasteiger partial charge in [-0.2, -0.15) is 0 Å². The van der Waals surface area contributed by atoms with Crippen molar-refractivity contribution in [3.8, 4) is 5.75 Å². The molecule has 0 spiro atoms. The summed E-state index contributed by atoms with van der Waals surface area (Å²) in [5, 5.41) is 9.65. The molecule has 1 aromatic rings. The molecule has 1 aliphatic rings. The Balaban J connectivity index is 1.90. The summed E-state index contributed by atoms with van der Waals surface area (Å²) in [6, 6.07) is 4.81. The van der Waals surface area contributed by atoms with E-state index in [1.807, 2.05) is 0 Å². The monoisotopic (exact) mass is 282 g/mol. The molecule has 1 aliphatic heterocycles. The summed E-state index contributed by atoms with van der Waals surface area (Å²) in [5.41, 5.74) is 0.628. The van der Waals surface area contributed by atoms with E-state index in [4.69, 9.17) is 9.84 Å². The topological polar surface area (TPSA) is 80.7 Å².